The van der Waals surface area contributed by atoms with Gasteiger partial charge >= 0.3 is 0 Å². The van der Waals surface area contributed by atoms with Crippen molar-refractivity contribution in [2.24, 2.45) is 0 Å². The van der Waals surface area contributed by atoms with Gasteiger partial charge in [0.05, 0.1) is 0 Å². The Labute approximate surface area is 108 Å². The fraction of sp³-hybridized carbons (Fsp3) is 0.529. The van der Waals surface area contributed by atoms with E-state index in [1.807, 2.05) is 6.08 Å². The molecule has 0 aliphatic carbocycles. The number of hydrogen-bond donors (Lipinski definition) is 0. The van der Waals surface area contributed by atoms with Crippen molar-refractivity contribution in [2.45, 2.75) is 59.3 Å². The molecule has 0 saturated heterocycles. The van der Waals surface area contributed by atoms with Gasteiger partial charge in [0.1, 0.15) is 0 Å². The molecule has 0 aromatic heterocycles. The van der Waals surface area contributed by atoms with E-state index in [-0.39, 0.29) is 0 Å². The zero-order valence-corrected chi connectivity index (χ0v) is 11.9. The van der Waals surface area contributed by atoms with Gasteiger partial charge in [-0.2, -0.15) is 0 Å². The molecule has 0 unspecified atom stereocenters. The summed E-state index contributed by atoms with van der Waals surface area (Å²) in [5.41, 5.74) is 4.26. The van der Waals surface area contributed by atoms with Gasteiger partial charge in [0.15, 0.2) is 0 Å². The second kappa shape index (κ2) is 10.1. The van der Waals surface area contributed by atoms with Crippen LogP contribution in [0.5, 0.6) is 0 Å². The van der Waals surface area contributed by atoms with Crippen molar-refractivity contribution in [3.63, 3.8) is 0 Å². The Balaban J connectivity index is 3.78. The molecule has 0 saturated carbocycles. The molecule has 0 heterocycles. The fourth-order valence-corrected chi connectivity index (χ4v) is 1.65. The van der Waals surface area contributed by atoms with Gasteiger partial charge in [0.2, 0.25) is 0 Å². The minimum atomic E-state index is 1.09. The van der Waals surface area contributed by atoms with Crippen LogP contribution in [-0.4, -0.2) is 0 Å². The normalized spacial score (nSPS) is 12.6. The molecular formula is C17H28. The summed E-state index contributed by atoms with van der Waals surface area (Å²) in [6.07, 6.45) is 13.5. The largest absolute Gasteiger partial charge is 0.103 e. The van der Waals surface area contributed by atoms with Crippen LogP contribution in [-0.2, 0) is 0 Å². The number of rotatable bonds is 9. The van der Waals surface area contributed by atoms with Gasteiger partial charge in [-0.05, 0) is 59.3 Å². The minimum absolute atomic E-state index is 1.09. The van der Waals surface area contributed by atoms with Crippen molar-refractivity contribution >= 4 is 0 Å². The Bertz CT molecular complexity index is 289. The number of allylic oxidation sites excluding steroid dienone is 6. The van der Waals surface area contributed by atoms with Crippen LogP contribution in [0.1, 0.15) is 59.3 Å². The molecule has 0 aliphatic heterocycles. The Kier molecular flexibility index (Phi) is 9.52. The summed E-state index contributed by atoms with van der Waals surface area (Å²) in [6, 6.07) is 0. The van der Waals surface area contributed by atoms with Crippen LogP contribution in [0.25, 0.3) is 0 Å². The molecule has 96 valence electrons. The van der Waals surface area contributed by atoms with Gasteiger partial charge in [-0.15, -0.1) is 13.2 Å². The third-order valence-corrected chi connectivity index (χ3v) is 2.84. The summed E-state index contributed by atoms with van der Waals surface area (Å²) in [4.78, 5) is 0. The molecule has 0 heteroatoms. The molecule has 0 fully saturated rings. The van der Waals surface area contributed by atoms with Crippen molar-refractivity contribution < 1.29 is 0 Å². The van der Waals surface area contributed by atoms with Crippen LogP contribution >= 0.6 is 0 Å². The molecule has 0 bridgehead atoms. The van der Waals surface area contributed by atoms with Gasteiger partial charge in [0.25, 0.3) is 0 Å². The van der Waals surface area contributed by atoms with E-state index in [0.29, 0.717) is 0 Å². The molecule has 0 aromatic rings. The molecule has 17 heavy (non-hydrogen) atoms. The first-order valence-corrected chi connectivity index (χ1v) is 6.62. The molecule has 0 spiro atoms. The predicted molar refractivity (Wildman–Crippen MR) is 80.2 cm³/mol. The first-order valence-electron chi connectivity index (χ1n) is 6.62. The quantitative estimate of drug-likeness (QED) is 0.429. The van der Waals surface area contributed by atoms with Gasteiger partial charge < -0.3 is 0 Å². The van der Waals surface area contributed by atoms with Crippen molar-refractivity contribution in [1.82, 2.24) is 0 Å². The average molecular weight is 232 g/mol. The van der Waals surface area contributed by atoms with Crippen LogP contribution < -0.4 is 0 Å². The average Bonchev–Trinajstić information content (AvgIpc) is 2.25. The van der Waals surface area contributed by atoms with Crippen molar-refractivity contribution in [3.8, 4) is 0 Å². The second-order valence-corrected chi connectivity index (χ2v) is 4.96. The first kappa shape index (κ1) is 16.0. The van der Waals surface area contributed by atoms with Crippen LogP contribution in [0, 0.1) is 0 Å². The highest BCUT2D eigenvalue weighted by Gasteiger charge is 1.91. The van der Waals surface area contributed by atoms with E-state index in [0.717, 1.165) is 25.7 Å². The molecule has 0 amide bonds. The summed E-state index contributed by atoms with van der Waals surface area (Å²) in [5, 5.41) is 0. The number of hydrogen-bond acceptors (Lipinski definition) is 0. The maximum atomic E-state index is 3.92. The highest BCUT2D eigenvalue weighted by atomic mass is 14.0. The third-order valence-electron chi connectivity index (χ3n) is 2.84. The van der Waals surface area contributed by atoms with E-state index in [1.54, 1.807) is 0 Å². The van der Waals surface area contributed by atoms with Crippen molar-refractivity contribution in [1.29, 1.82) is 0 Å². The smallest absolute Gasteiger partial charge is 0.0288 e. The minimum Gasteiger partial charge on any atom is -0.103 e. The predicted octanol–water partition coefficient (Wildman–Crippen LogP) is 5.98. The zero-order valence-electron chi connectivity index (χ0n) is 11.9. The molecule has 0 atom stereocenters. The van der Waals surface area contributed by atoms with Crippen molar-refractivity contribution in [3.05, 3.63) is 48.1 Å². The highest BCUT2D eigenvalue weighted by molar-refractivity contribution is 5.05. The van der Waals surface area contributed by atoms with Crippen LogP contribution in [0.15, 0.2) is 48.1 Å². The lowest BCUT2D eigenvalue weighted by Crippen LogP contribution is -1.81. The SMILES string of the molecule is C=CCC/C(C)=C/CC/C(C)=C/CCC(=C)C. The molecule has 0 rings (SSSR count). The molecular weight excluding hydrogens is 204 g/mol. The lowest BCUT2D eigenvalue weighted by Gasteiger charge is -2.01. The lowest BCUT2D eigenvalue weighted by atomic mass is 10.1. The van der Waals surface area contributed by atoms with Crippen LogP contribution in [0.4, 0.5) is 0 Å². The van der Waals surface area contributed by atoms with E-state index >= 15 is 0 Å². The Hall–Kier alpha value is -1.04. The Morgan fingerprint density at radius 1 is 0.824 bits per heavy atom. The maximum Gasteiger partial charge on any atom is -0.0288 e. The standard InChI is InChI=1S/C17H28/c1-6-7-11-16(4)13-9-14-17(5)12-8-10-15(2)3/h6,12-13H,1-2,7-11,14H2,3-5H3/b16-13+,17-12+. The molecule has 0 N–H and O–H groups in total. The monoisotopic (exact) mass is 232 g/mol. The van der Waals surface area contributed by atoms with Crippen LogP contribution in [0.3, 0.4) is 0 Å². The molecule has 0 aliphatic rings. The first-order chi connectivity index (χ1) is 8.06. The second-order valence-electron chi connectivity index (χ2n) is 4.96. The Morgan fingerprint density at radius 2 is 1.29 bits per heavy atom. The summed E-state index contributed by atoms with van der Waals surface area (Å²) < 4.78 is 0. The van der Waals surface area contributed by atoms with E-state index in [4.69, 9.17) is 0 Å². The summed E-state index contributed by atoms with van der Waals surface area (Å²) in [7, 11) is 0. The molecule has 0 aromatic carbocycles. The van der Waals surface area contributed by atoms with E-state index in [9.17, 15) is 0 Å². The Morgan fingerprint density at radius 3 is 1.76 bits per heavy atom. The van der Waals surface area contributed by atoms with E-state index in [2.05, 4.69) is 46.1 Å². The molecule has 0 radical (unpaired) electrons. The van der Waals surface area contributed by atoms with Gasteiger partial charge in [-0.25, -0.2) is 0 Å². The van der Waals surface area contributed by atoms with Crippen LogP contribution in [0.2, 0.25) is 0 Å². The van der Waals surface area contributed by atoms with E-state index < -0.39 is 0 Å². The third kappa shape index (κ3) is 11.2. The highest BCUT2D eigenvalue weighted by Crippen LogP contribution is 2.12. The topological polar surface area (TPSA) is 0 Å². The van der Waals surface area contributed by atoms with Gasteiger partial charge in [-0.3, -0.25) is 0 Å². The zero-order chi connectivity index (χ0) is 13.1. The van der Waals surface area contributed by atoms with E-state index in [1.165, 1.54) is 29.6 Å². The van der Waals surface area contributed by atoms with Gasteiger partial charge in [0, 0.05) is 0 Å². The summed E-state index contributed by atoms with van der Waals surface area (Å²) in [5.74, 6) is 0. The summed E-state index contributed by atoms with van der Waals surface area (Å²) >= 11 is 0. The maximum absolute atomic E-state index is 3.92. The van der Waals surface area contributed by atoms with Crippen molar-refractivity contribution in [2.75, 3.05) is 0 Å². The fourth-order valence-electron chi connectivity index (χ4n) is 1.65. The summed E-state index contributed by atoms with van der Waals surface area (Å²) in [6.45, 7) is 14.2. The molecule has 0 nitrogen and oxygen atoms in total. The van der Waals surface area contributed by atoms with Gasteiger partial charge in [-0.1, -0.05) is 34.9 Å². The lowest BCUT2D eigenvalue weighted by molar-refractivity contribution is 0.903.